The number of hydrogen-bond acceptors (Lipinski definition) is 4. The summed E-state index contributed by atoms with van der Waals surface area (Å²) in [7, 11) is 0. The molecular weight excluding hydrogens is 480 g/mol. The number of halogens is 2. The van der Waals surface area contributed by atoms with E-state index in [-0.39, 0.29) is 23.7 Å². The highest BCUT2D eigenvalue weighted by Crippen LogP contribution is 2.30. The molecule has 1 unspecified atom stereocenters. The lowest BCUT2D eigenvalue weighted by atomic mass is 9.96. The van der Waals surface area contributed by atoms with Crippen molar-refractivity contribution in [2.75, 3.05) is 26.2 Å². The van der Waals surface area contributed by atoms with E-state index in [1.807, 2.05) is 36.4 Å². The second-order valence-electron chi connectivity index (χ2n) is 9.58. The molecule has 0 saturated carbocycles. The molecule has 0 spiro atoms. The van der Waals surface area contributed by atoms with Crippen molar-refractivity contribution in [2.24, 2.45) is 0 Å². The van der Waals surface area contributed by atoms with Gasteiger partial charge in [-0.15, -0.1) is 0 Å². The van der Waals surface area contributed by atoms with E-state index in [2.05, 4.69) is 39.4 Å². The van der Waals surface area contributed by atoms with E-state index in [0.29, 0.717) is 26.2 Å². The first-order valence-electron chi connectivity index (χ1n) is 12.9. The Labute approximate surface area is 222 Å². The molecule has 1 N–H and O–H groups in total. The first-order chi connectivity index (χ1) is 18.6. The summed E-state index contributed by atoms with van der Waals surface area (Å²) < 4.78 is 27.3. The molecule has 1 aliphatic heterocycles. The molecule has 1 heterocycles. The number of benzene rings is 4. The van der Waals surface area contributed by atoms with Crippen molar-refractivity contribution in [3.05, 3.63) is 143 Å². The van der Waals surface area contributed by atoms with Gasteiger partial charge in [0.15, 0.2) is 6.29 Å². The molecule has 38 heavy (non-hydrogen) atoms. The zero-order valence-corrected chi connectivity index (χ0v) is 21.1. The van der Waals surface area contributed by atoms with E-state index >= 15 is 0 Å². The molecule has 5 rings (SSSR count). The van der Waals surface area contributed by atoms with Gasteiger partial charge >= 0.3 is 0 Å². The fraction of sp³-hybridized carbons (Fsp3) is 0.219. The molecule has 0 aliphatic carbocycles. The number of nitrogens with one attached hydrogen (secondary N) is 1. The molecular formula is C32H31F2N3O. The first kappa shape index (κ1) is 25.9. The van der Waals surface area contributed by atoms with Gasteiger partial charge in [0.2, 0.25) is 0 Å². The van der Waals surface area contributed by atoms with Crippen LogP contribution in [-0.4, -0.2) is 48.4 Å². The molecule has 1 fully saturated rings. The van der Waals surface area contributed by atoms with Crippen LogP contribution in [-0.2, 0) is 4.79 Å². The molecule has 4 aromatic rings. The third-order valence-corrected chi connectivity index (χ3v) is 7.21. The normalized spacial score (nSPS) is 15.6. The quantitative estimate of drug-likeness (QED) is 0.298. The molecule has 4 nitrogen and oxygen atoms in total. The Morgan fingerprint density at radius 3 is 1.42 bits per heavy atom. The summed E-state index contributed by atoms with van der Waals surface area (Å²) in [5, 5.41) is 3.58. The first-order valence-corrected chi connectivity index (χ1v) is 12.9. The van der Waals surface area contributed by atoms with Crippen LogP contribution in [0.4, 0.5) is 8.78 Å². The van der Waals surface area contributed by atoms with Gasteiger partial charge in [0.1, 0.15) is 17.8 Å². The number of aldehydes is 1. The molecule has 194 valence electrons. The second-order valence-corrected chi connectivity index (χ2v) is 9.58. The van der Waals surface area contributed by atoms with Gasteiger partial charge in [0.25, 0.3) is 0 Å². The van der Waals surface area contributed by atoms with E-state index in [0.717, 1.165) is 28.5 Å². The topological polar surface area (TPSA) is 35.6 Å². The van der Waals surface area contributed by atoms with Crippen LogP contribution in [0.2, 0.25) is 0 Å². The van der Waals surface area contributed by atoms with E-state index < -0.39 is 6.17 Å². The predicted molar refractivity (Wildman–Crippen MR) is 146 cm³/mol. The maximum Gasteiger partial charge on any atom is 0.151 e. The summed E-state index contributed by atoms with van der Waals surface area (Å²) in [5.74, 6) is -0.578. The Morgan fingerprint density at radius 2 is 1.00 bits per heavy atom. The zero-order valence-electron chi connectivity index (χ0n) is 21.1. The molecule has 0 radical (unpaired) electrons. The maximum absolute atomic E-state index is 13.7. The number of carbonyl (C=O) groups is 1. The standard InChI is InChI=1S/C32H31F2N3O/c33-28-15-11-26(12-16-28)32(27-13-17-29(34)18-14-27)37-21-19-36(20-22-37)30(23-38)35-31(24-7-3-1-4-8-24)25-9-5-2-6-10-25/h1-18,23,30-32,35H,19-22H2. The van der Waals surface area contributed by atoms with Gasteiger partial charge < -0.3 is 4.79 Å². The largest absolute Gasteiger partial charge is 0.300 e. The van der Waals surface area contributed by atoms with E-state index in [1.54, 1.807) is 24.3 Å². The van der Waals surface area contributed by atoms with Gasteiger partial charge in [-0.2, -0.15) is 0 Å². The second kappa shape index (κ2) is 12.2. The average molecular weight is 512 g/mol. The Bertz CT molecular complexity index is 1210. The van der Waals surface area contributed by atoms with Crippen LogP contribution in [0.15, 0.2) is 109 Å². The summed E-state index contributed by atoms with van der Waals surface area (Å²) in [6, 6.07) is 33.0. The van der Waals surface area contributed by atoms with Crippen LogP contribution in [0.3, 0.4) is 0 Å². The summed E-state index contributed by atoms with van der Waals surface area (Å²) >= 11 is 0. The summed E-state index contributed by atoms with van der Waals surface area (Å²) in [6.07, 6.45) is 0.518. The average Bonchev–Trinajstić information content (AvgIpc) is 2.97. The molecule has 4 aromatic carbocycles. The van der Waals surface area contributed by atoms with Gasteiger partial charge in [0, 0.05) is 26.2 Å². The number of piperazine rings is 1. The summed E-state index contributed by atoms with van der Waals surface area (Å²) in [6.45, 7) is 2.75. The lowest BCUT2D eigenvalue weighted by molar-refractivity contribution is -0.114. The lowest BCUT2D eigenvalue weighted by Crippen LogP contribution is -2.56. The fourth-order valence-electron chi connectivity index (χ4n) is 5.26. The van der Waals surface area contributed by atoms with E-state index in [1.165, 1.54) is 24.3 Å². The van der Waals surface area contributed by atoms with Crippen LogP contribution in [0.5, 0.6) is 0 Å². The Morgan fingerprint density at radius 1 is 0.579 bits per heavy atom. The maximum atomic E-state index is 13.7. The van der Waals surface area contributed by atoms with Gasteiger partial charge in [-0.3, -0.25) is 15.1 Å². The third kappa shape index (κ3) is 6.05. The Hall–Kier alpha value is -3.71. The molecule has 1 atom stereocenters. The fourth-order valence-corrected chi connectivity index (χ4v) is 5.26. The molecule has 6 heteroatoms. The van der Waals surface area contributed by atoms with Crippen molar-refractivity contribution in [3.63, 3.8) is 0 Å². The number of hydrogen-bond donors (Lipinski definition) is 1. The molecule has 1 saturated heterocycles. The zero-order chi connectivity index (χ0) is 26.3. The van der Waals surface area contributed by atoms with Gasteiger partial charge in [0.05, 0.1) is 12.1 Å². The van der Waals surface area contributed by atoms with Gasteiger partial charge in [-0.1, -0.05) is 84.9 Å². The van der Waals surface area contributed by atoms with Crippen molar-refractivity contribution < 1.29 is 13.6 Å². The van der Waals surface area contributed by atoms with Crippen molar-refractivity contribution in [3.8, 4) is 0 Å². The summed E-state index contributed by atoms with van der Waals surface area (Å²) in [5.41, 5.74) is 4.09. The highest BCUT2D eigenvalue weighted by atomic mass is 19.1. The monoisotopic (exact) mass is 511 g/mol. The highest BCUT2D eigenvalue weighted by molar-refractivity contribution is 5.57. The van der Waals surface area contributed by atoms with Crippen LogP contribution >= 0.6 is 0 Å². The van der Waals surface area contributed by atoms with Crippen molar-refractivity contribution >= 4 is 6.29 Å². The van der Waals surface area contributed by atoms with Gasteiger partial charge in [-0.25, -0.2) is 8.78 Å². The molecule has 0 bridgehead atoms. The van der Waals surface area contributed by atoms with Crippen LogP contribution < -0.4 is 5.32 Å². The van der Waals surface area contributed by atoms with Crippen LogP contribution in [0.25, 0.3) is 0 Å². The van der Waals surface area contributed by atoms with Crippen LogP contribution in [0.1, 0.15) is 34.3 Å². The third-order valence-electron chi connectivity index (χ3n) is 7.21. The Kier molecular flexibility index (Phi) is 8.34. The SMILES string of the molecule is O=CC(NC(c1ccccc1)c1ccccc1)N1CCN(C(c2ccc(F)cc2)c2ccc(F)cc2)CC1. The van der Waals surface area contributed by atoms with Crippen molar-refractivity contribution in [1.29, 1.82) is 0 Å². The predicted octanol–water partition coefficient (Wildman–Crippen LogP) is 5.58. The minimum atomic E-state index is -0.461. The van der Waals surface area contributed by atoms with Crippen molar-refractivity contribution in [1.82, 2.24) is 15.1 Å². The highest BCUT2D eigenvalue weighted by Gasteiger charge is 2.30. The van der Waals surface area contributed by atoms with E-state index in [4.69, 9.17) is 0 Å². The smallest absolute Gasteiger partial charge is 0.151 e. The number of carbonyl (C=O) groups excluding carboxylic acids is 1. The molecule has 0 amide bonds. The minimum Gasteiger partial charge on any atom is -0.300 e. The minimum absolute atomic E-state index is 0.128. The van der Waals surface area contributed by atoms with E-state index in [9.17, 15) is 13.6 Å². The van der Waals surface area contributed by atoms with Gasteiger partial charge in [-0.05, 0) is 46.5 Å². The number of rotatable bonds is 9. The van der Waals surface area contributed by atoms with Crippen molar-refractivity contribution in [2.45, 2.75) is 18.2 Å². The molecule has 1 aliphatic rings. The lowest BCUT2D eigenvalue weighted by Gasteiger charge is -2.42. The Balaban J connectivity index is 1.33. The van der Waals surface area contributed by atoms with Crippen LogP contribution in [0, 0.1) is 11.6 Å². The summed E-state index contributed by atoms with van der Waals surface area (Å²) in [4.78, 5) is 16.8. The molecule has 0 aromatic heterocycles. The number of nitrogens with zero attached hydrogens (tertiary/aromatic N) is 2.